The van der Waals surface area contributed by atoms with E-state index in [4.69, 9.17) is 0 Å². The fraction of sp³-hybridized carbons (Fsp3) is 0.115. The summed E-state index contributed by atoms with van der Waals surface area (Å²) in [5, 5.41) is 12.3. The smallest absolute Gasteiger partial charge is 0.248 e. The zero-order valence-electron chi connectivity index (χ0n) is 18.4. The van der Waals surface area contributed by atoms with Gasteiger partial charge >= 0.3 is 0 Å². The van der Waals surface area contributed by atoms with Gasteiger partial charge in [-0.3, -0.25) is 9.59 Å². The van der Waals surface area contributed by atoms with Crippen molar-refractivity contribution in [2.75, 3.05) is 10.6 Å². The van der Waals surface area contributed by atoms with Crippen LogP contribution >= 0.6 is 11.3 Å². The van der Waals surface area contributed by atoms with Crippen molar-refractivity contribution in [2.45, 2.75) is 20.3 Å². The van der Waals surface area contributed by atoms with Gasteiger partial charge in [0.1, 0.15) is 0 Å². The Hall–Kier alpha value is -3.97. The standard InChI is InChI=1S/C26H24N4O2S/c1-18-22(19(2)30(29-18)20-9-4-3-5-10-20)14-15-25(31)27-23-12-6-7-13-24(23)28-26(32)17-21-11-8-16-33-21/h3-16H,17H2,1-2H3,(H,27,31)(H,28,32)/b15-14+. The number of hydrogen-bond donors (Lipinski definition) is 2. The van der Waals surface area contributed by atoms with E-state index in [9.17, 15) is 9.59 Å². The molecule has 7 heteroatoms. The molecule has 0 aliphatic heterocycles. The van der Waals surface area contributed by atoms with Crippen molar-refractivity contribution in [3.63, 3.8) is 0 Å². The second kappa shape index (κ2) is 10.1. The zero-order valence-corrected chi connectivity index (χ0v) is 19.2. The minimum Gasteiger partial charge on any atom is -0.324 e. The fourth-order valence-electron chi connectivity index (χ4n) is 3.52. The Bertz CT molecular complexity index is 1290. The average molecular weight is 457 g/mol. The number of nitrogens with zero attached hydrogens (tertiary/aromatic N) is 2. The van der Waals surface area contributed by atoms with Crippen LogP contribution in [0.15, 0.2) is 78.2 Å². The minimum absolute atomic E-state index is 0.130. The molecular weight excluding hydrogens is 432 g/mol. The third kappa shape index (κ3) is 5.45. The van der Waals surface area contributed by atoms with Crippen molar-refractivity contribution in [3.05, 3.63) is 100 Å². The highest BCUT2D eigenvalue weighted by Gasteiger charge is 2.12. The highest BCUT2D eigenvalue weighted by atomic mass is 32.1. The second-order valence-electron chi connectivity index (χ2n) is 7.50. The van der Waals surface area contributed by atoms with Gasteiger partial charge in [-0.05, 0) is 55.6 Å². The van der Waals surface area contributed by atoms with Crippen LogP contribution in [0.3, 0.4) is 0 Å². The molecule has 0 atom stereocenters. The highest BCUT2D eigenvalue weighted by molar-refractivity contribution is 7.10. The van der Waals surface area contributed by atoms with E-state index < -0.39 is 0 Å². The zero-order chi connectivity index (χ0) is 23.2. The van der Waals surface area contributed by atoms with Crippen LogP contribution in [0.4, 0.5) is 11.4 Å². The summed E-state index contributed by atoms with van der Waals surface area (Å²) in [5.41, 5.74) is 4.75. The van der Waals surface area contributed by atoms with E-state index in [1.54, 1.807) is 18.2 Å². The lowest BCUT2D eigenvalue weighted by Crippen LogP contribution is -2.16. The summed E-state index contributed by atoms with van der Waals surface area (Å²) in [5.74, 6) is -0.421. The predicted molar refractivity (Wildman–Crippen MR) is 134 cm³/mol. The lowest BCUT2D eigenvalue weighted by atomic mass is 10.1. The van der Waals surface area contributed by atoms with Gasteiger partial charge in [0, 0.05) is 22.2 Å². The SMILES string of the molecule is Cc1nn(-c2ccccc2)c(C)c1/C=C/C(=O)Nc1ccccc1NC(=O)Cc1cccs1. The molecular formula is C26H24N4O2S. The molecule has 0 spiro atoms. The van der Waals surface area contributed by atoms with Crippen molar-refractivity contribution in [2.24, 2.45) is 0 Å². The van der Waals surface area contributed by atoms with Gasteiger partial charge in [-0.25, -0.2) is 4.68 Å². The Balaban J connectivity index is 1.45. The molecule has 2 aromatic heterocycles. The molecule has 2 amide bonds. The number of para-hydroxylation sites is 3. The van der Waals surface area contributed by atoms with Gasteiger partial charge in [0.25, 0.3) is 0 Å². The normalized spacial score (nSPS) is 11.0. The summed E-state index contributed by atoms with van der Waals surface area (Å²) >= 11 is 1.54. The summed E-state index contributed by atoms with van der Waals surface area (Å²) in [6.07, 6.45) is 3.55. The van der Waals surface area contributed by atoms with Gasteiger partial charge in [-0.15, -0.1) is 11.3 Å². The number of aryl methyl sites for hydroxylation is 1. The number of rotatable bonds is 7. The molecule has 6 nitrogen and oxygen atoms in total. The van der Waals surface area contributed by atoms with E-state index in [1.807, 2.05) is 78.5 Å². The van der Waals surface area contributed by atoms with E-state index in [2.05, 4.69) is 15.7 Å². The van der Waals surface area contributed by atoms with Crippen molar-refractivity contribution in [1.29, 1.82) is 0 Å². The topological polar surface area (TPSA) is 76.0 Å². The molecule has 0 bridgehead atoms. The van der Waals surface area contributed by atoms with Gasteiger partial charge in [0.2, 0.25) is 11.8 Å². The maximum atomic E-state index is 12.6. The van der Waals surface area contributed by atoms with Gasteiger partial charge in [-0.1, -0.05) is 36.4 Å². The van der Waals surface area contributed by atoms with E-state index in [1.165, 1.54) is 17.4 Å². The molecule has 166 valence electrons. The lowest BCUT2D eigenvalue weighted by molar-refractivity contribution is -0.115. The highest BCUT2D eigenvalue weighted by Crippen LogP contribution is 2.23. The van der Waals surface area contributed by atoms with E-state index in [-0.39, 0.29) is 11.8 Å². The molecule has 0 radical (unpaired) electrons. The predicted octanol–water partition coefficient (Wildman–Crippen LogP) is 5.38. The molecule has 0 fully saturated rings. The number of benzene rings is 2. The largest absolute Gasteiger partial charge is 0.324 e. The van der Waals surface area contributed by atoms with Crippen molar-refractivity contribution < 1.29 is 9.59 Å². The molecule has 4 aromatic rings. The van der Waals surface area contributed by atoms with Crippen LogP contribution in [0, 0.1) is 13.8 Å². The number of carbonyl (C=O) groups excluding carboxylic acids is 2. The first-order valence-corrected chi connectivity index (χ1v) is 11.4. The maximum absolute atomic E-state index is 12.6. The van der Waals surface area contributed by atoms with Gasteiger partial charge in [-0.2, -0.15) is 5.10 Å². The van der Waals surface area contributed by atoms with Crippen molar-refractivity contribution in [3.8, 4) is 5.69 Å². The molecule has 2 N–H and O–H groups in total. The molecule has 0 saturated heterocycles. The Morgan fingerprint density at radius 3 is 2.33 bits per heavy atom. The summed E-state index contributed by atoms with van der Waals surface area (Å²) in [6, 6.07) is 20.9. The first-order chi connectivity index (χ1) is 16.0. The van der Waals surface area contributed by atoms with E-state index in [0.29, 0.717) is 17.8 Å². The maximum Gasteiger partial charge on any atom is 0.248 e. The third-order valence-corrected chi connectivity index (χ3v) is 6.00. The number of anilines is 2. The Kier molecular flexibility index (Phi) is 6.80. The number of nitrogens with one attached hydrogen (secondary N) is 2. The molecule has 33 heavy (non-hydrogen) atoms. The number of aromatic nitrogens is 2. The second-order valence-corrected chi connectivity index (χ2v) is 8.54. The lowest BCUT2D eigenvalue weighted by Gasteiger charge is -2.11. The Labute approximate surface area is 196 Å². The van der Waals surface area contributed by atoms with Crippen LogP contribution in [0.25, 0.3) is 11.8 Å². The molecule has 0 aliphatic rings. The monoisotopic (exact) mass is 456 g/mol. The number of amides is 2. The molecule has 4 rings (SSSR count). The third-order valence-electron chi connectivity index (χ3n) is 5.12. The number of hydrogen-bond acceptors (Lipinski definition) is 4. The Morgan fingerprint density at radius 1 is 0.939 bits per heavy atom. The fourth-order valence-corrected chi connectivity index (χ4v) is 4.22. The first kappa shape index (κ1) is 22.2. The summed E-state index contributed by atoms with van der Waals surface area (Å²) in [7, 11) is 0. The van der Waals surface area contributed by atoms with Gasteiger partial charge in [0.15, 0.2) is 0 Å². The first-order valence-electron chi connectivity index (χ1n) is 10.5. The summed E-state index contributed by atoms with van der Waals surface area (Å²) in [6.45, 7) is 3.89. The van der Waals surface area contributed by atoms with Crippen LogP contribution in [0.5, 0.6) is 0 Å². The summed E-state index contributed by atoms with van der Waals surface area (Å²) < 4.78 is 1.87. The molecule has 0 aliphatic carbocycles. The quantitative estimate of drug-likeness (QED) is 0.367. The minimum atomic E-state index is -0.291. The van der Waals surface area contributed by atoms with Gasteiger partial charge in [0.05, 0.1) is 29.2 Å². The van der Waals surface area contributed by atoms with Crippen molar-refractivity contribution in [1.82, 2.24) is 9.78 Å². The molecule has 2 heterocycles. The summed E-state index contributed by atoms with van der Waals surface area (Å²) in [4.78, 5) is 26.0. The van der Waals surface area contributed by atoms with Crippen LogP contribution < -0.4 is 10.6 Å². The van der Waals surface area contributed by atoms with Crippen molar-refractivity contribution >= 4 is 40.6 Å². The Morgan fingerprint density at radius 2 is 1.64 bits per heavy atom. The van der Waals surface area contributed by atoms with E-state index in [0.717, 1.165) is 27.5 Å². The number of carbonyl (C=O) groups is 2. The van der Waals surface area contributed by atoms with Crippen LogP contribution in [-0.4, -0.2) is 21.6 Å². The number of thiophene rings is 1. The van der Waals surface area contributed by atoms with Crippen LogP contribution in [-0.2, 0) is 16.0 Å². The molecule has 0 unspecified atom stereocenters. The van der Waals surface area contributed by atoms with Gasteiger partial charge < -0.3 is 10.6 Å². The molecule has 0 saturated carbocycles. The van der Waals surface area contributed by atoms with Crippen LogP contribution in [0.2, 0.25) is 0 Å². The molecule has 2 aromatic carbocycles. The van der Waals surface area contributed by atoms with E-state index >= 15 is 0 Å². The average Bonchev–Trinajstić information content (AvgIpc) is 3.42. The van der Waals surface area contributed by atoms with Crippen LogP contribution in [0.1, 0.15) is 21.8 Å².